The molecule has 1 aromatic heterocycles. The van der Waals surface area contributed by atoms with Gasteiger partial charge in [-0.25, -0.2) is 9.98 Å². The van der Waals surface area contributed by atoms with E-state index in [4.69, 9.17) is 14.4 Å². The van der Waals surface area contributed by atoms with Crippen molar-refractivity contribution in [3.63, 3.8) is 0 Å². The molecule has 0 saturated carbocycles. The summed E-state index contributed by atoms with van der Waals surface area (Å²) in [6.07, 6.45) is -0.503. The number of furan rings is 1. The van der Waals surface area contributed by atoms with Crippen LogP contribution in [0, 0.1) is 0 Å². The van der Waals surface area contributed by atoms with Gasteiger partial charge in [0, 0.05) is 33.0 Å². The smallest absolute Gasteiger partial charge is 0.170 e. The van der Waals surface area contributed by atoms with Crippen LogP contribution in [0.1, 0.15) is 22.9 Å². The van der Waals surface area contributed by atoms with Crippen LogP contribution in [-0.2, 0) is 0 Å². The predicted octanol–water partition coefficient (Wildman–Crippen LogP) is 11.7. The maximum atomic E-state index is 6.69. The summed E-state index contributed by atoms with van der Waals surface area (Å²) in [5.74, 6) is 1.56. The molecule has 1 aliphatic heterocycles. The Balaban J connectivity index is 1.15. The number of fused-ring (bicyclic) bond motifs is 5. The largest absolute Gasteiger partial charge is 0.455 e. The van der Waals surface area contributed by atoms with Crippen LogP contribution in [0.5, 0.6) is 0 Å². The van der Waals surface area contributed by atoms with Gasteiger partial charge >= 0.3 is 0 Å². The van der Waals surface area contributed by atoms with Gasteiger partial charge in [0.15, 0.2) is 6.17 Å². The van der Waals surface area contributed by atoms with Gasteiger partial charge in [0.25, 0.3) is 0 Å². The van der Waals surface area contributed by atoms with Crippen molar-refractivity contribution < 1.29 is 4.42 Å². The highest BCUT2D eigenvalue weighted by Gasteiger charge is 2.25. The van der Waals surface area contributed by atoms with Crippen LogP contribution in [-0.4, -0.2) is 11.7 Å². The van der Waals surface area contributed by atoms with E-state index in [1.54, 1.807) is 0 Å². The zero-order valence-electron chi connectivity index (χ0n) is 27.6. The van der Waals surface area contributed by atoms with Gasteiger partial charge in [-0.05, 0) is 62.5 Å². The number of nitrogens with one attached hydrogen (secondary N) is 1. The van der Waals surface area contributed by atoms with Crippen molar-refractivity contribution in [1.29, 1.82) is 0 Å². The molecule has 10 rings (SSSR count). The van der Waals surface area contributed by atoms with Crippen LogP contribution in [0.25, 0.3) is 65.7 Å². The van der Waals surface area contributed by atoms with Crippen molar-refractivity contribution >= 4 is 55.2 Å². The molecule has 0 spiro atoms. The molecular formula is C47H31N3O. The fourth-order valence-corrected chi connectivity index (χ4v) is 7.34. The van der Waals surface area contributed by atoms with Gasteiger partial charge in [0.1, 0.15) is 22.8 Å². The molecule has 0 amide bonds. The summed E-state index contributed by atoms with van der Waals surface area (Å²) in [6, 6.07) is 61.7. The zero-order chi connectivity index (χ0) is 33.7. The van der Waals surface area contributed by atoms with Crippen molar-refractivity contribution in [3.05, 3.63) is 193 Å². The molecule has 4 heteroatoms. The van der Waals surface area contributed by atoms with E-state index in [1.807, 2.05) is 30.3 Å². The summed E-state index contributed by atoms with van der Waals surface area (Å²) in [6.45, 7) is 0. The lowest BCUT2D eigenvalue weighted by Crippen LogP contribution is -2.36. The summed E-state index contributed by atoms with van der Waals surface area (Å²) in [4.78, 5) is 10.6. The van der Waals surface area contributed by atoms with Gasteiger partial charge in [-0.3, -0.25) is 0 Å². The predicted molar refractivity (Wildman–Crippen MR) is 211 cm³/mol. The Kier molecular flexibility index (Phi) is 6.85. The standard InChI is InChI=1S/C47H31N3O/c1-3-11-30(12-4-1)35-22-19-32-21-24-37(29-38(32)28-35)46-48-45(33-14-5-2-6-15-33)49-47(50-46)41-26-25-39(36-23-20-31-13-7-8-16-34(31)27-36)44-43(41)40-17-9-10-18-42(40)51-44/h1-29,47H,(H,48,49,50). The van der Waals surface area contributed by atoms with Crippen LogP contribution < -0.4 is 5.32 Å². The molecule has 240 valence electrons. The first-order valence-corrected chi connectivity index (χ1v) is 17.3. The van der Waals surface area contributed by atoms with Gasteiger partial charge in [0.05, 0.1) is 0 Å². The molecular weight excluding hydrogens is 623 g/mol. The lowest BCUT2D eigenvalue weighted by molar-refractivity contribution is 0.668. The summed E-state index contributed by atoms with van der Waals surface area (Å²) in [7, 11) is 0. The maximum absolute atomic E-state index is 6.69. The summed E-state index contributed by atoms with van der Waals surface area (Å²) >= 11 is 0. The minimum absolute atomic E-state index is 0.503. The van der Waals surface area contributed by atoms with E-state index in [1.165, 1.54) is 27.3 Å². The molecule has 1 aliphatic rings. The number of amidine groups is 2. The molecule has 2 heterocycles. The molecule has 9 aromatic rings. The first-order chi connectivity index (χ1) is 25.2. The molecule has 0 aliphatic carbocycles. The van der Waals surface area contributed by atoms with Gasteiger partial charge in [-0.2, -0.15) is 0 Å². The first-order valence-electron chi connectivity index (χ1n) is 17.3. The monoisotopic (exact) mass is 653 g/mol. The third-order valence-corrected chi connectivity index (χ3v) is 9.90. The second-order valence-corrected chi connectivity index (χ2v) is 13.0. The Morgan fingerprint density at radius 2 is 1.02 bits per heavy atom. The third kappa shape index (κ3) is 5.17. The summed E-state index contributed by atoms with van der Waals surface area (Å²) in [5.41, 5.74) is 9.22. The zero-order valence-corrected chi connectivity index (χ0v) is 27.6. The Bertz CT molecular complexity index is 2830. The second-order valence-electron chi connectivity index (χ2n) is 13.0. The molecule has 1 N–H and O–H groups in total. The summed E-state index contributed by atoms with van der Waals surface area (Å²) in [5, 5.41) is 10.4. The highest BCUT2D eigenvalue weighted by Crippen LogP contribution is 2.42. The normalized spacial score (nSPS) is 14.5. The molecule has 0 radical (unpaired) electrons. The SMILES string of the molecule is c1ccc(C2=NC(c3ccc(-c4ccc5ccccc5c4)c4oc5ccccc5c34)N=C(c3ccc4ccc(-c5ccccc5)cc4c3)N2)cc1. The number of aliphatic imine (C=N–C) groups is 2. The van der Waals surface area contributed by atoms with Gasteiger partial charge in [-0.15, -0.1) is 0 Å². The number of para-hydroxylation sites is 1. The van der Waals surface area contributed by atoms with E-state index in [-0.39, 0.29) is 0 Å². The molecule has 0 bridgehead atoms. The number of nitrogens with zero attached hydrogens (tertiary/aromatic N) is 2. The second kappa shape index (κ2) is 12.0. The molecule has 51 heavy (non-hydrogen) atoms. The fraction of sp³-hybridized carbons (Fsp3) is 0.0213. The van der Waals surface area contributed by atoms with E-state index in [0.717, 1.165) is 66.8 Å². The van der Waals surface area contributed by atoms with Crippen LogP contribution in [0.15, 0.2) is 190 Å². The number of hydrogen-bond donors (Lipinski definition) is 1. The Morgan fingerprint density at radius 3 is 1.82 bits per heavy atom. The Morgan fingerprint density at radius 1 is 0.431 bits per heavy atom. The first kappa shape index (κ1) is 29.2. The molecule has 8 aromatic carbocycles. The van der Waals surface area contributed by atoms with Crippen LogP contribution in [0.2, 0.25) is 0 Å². The molecule has 1 atom stereocenters. The highest BCUT2D eigenvalue weighted by atomic mass is 16.3. The van der Waals surface area contributed by atoms with Crippen LogP contribution >= 0.6 is 0 Å². The minimum atomic E-state index is -0.503. The Hall–Kier alpha value is -6.78. The molecule has 4 nitrogen and oxygen atoms in total. The van der Waals surface area contributed by atoms with E-state index in [9.17, 15) is 0 Å². The van der Waals surface area contributed by atoms with Crippen LogP contribution in [0.3, 0.4) is 0 Å². The van der Waals surface area contributed by atoms with Gasteiger partial charge in [0.2, 0.25) is 0 Å². The van der Waals surface area contributed by atoms with Crippen molar-refractivity contribution in [3.8, 4) is 22.3 Å². The van der Waals surface area contributed by atoms with Gasteiger partial charge in [-0.1, -0.05) is 152 Å². The summed E-state index contributed by atoms with van der Waals surface area (Å²) < 4.78 is 6.69. The maximum Gasteiger partial charge on any atom is 0.170 e. The number of hydrogen-bond acceptors (Lipinski definition) is 4. The van der Waals surface area contributed by atoms with Gasteiger partial charge < -0.3 is 9.73 Å². The van der Waals surface area contributed by atoms with Crippen molar-refractivity contribution in [2.75, 3.05) is 0 Å². The fourth-order valence-electron chi connectivity index (χ4n) is 7.34. The average Bonchev–Trinajstić information content (AvgIpc) is 3.60. The average molecular weight is 654 g/mol. The number of rotatable bonds is 5. The van der Waals surface area contributed by atoms with E-state index in [0.29, 0.717) is 0 Å². The van der Waals surface area contributed by atoms with Crippen molar-refractivity contribution in [1.82, 2.24) is 5.32 Å². The highest BCUT2D eigenvalue weighted by molar-refractivity contribution is 6.17. The topological polar surface area (TPSA) is 49.9 Å². The molecule has 0 fully saturated rings. The lowest BCUT2D eigenvalue weighted by Gasteiger charge is -2.23. The molecule has 0 saturated heterocycles. The van der Waals surface area contributed by atoms with E-state index in [2.05, 4.69) is 151 Å². The van der Waals surface area contributed by atoms with Crippen LogP contribution in [0.4, 0.5) is 0 Å². The third-order valence-electron chi connectivity index (χ3n) is 9.90. The minimum Gasteiger partial charge on any atom is -0.455 e. The van der Waals surface area contributed by atoms with Crippen molar-refractivity contribution in [2.45, 2.75) is 6.17 Å². The quantitative estimate of drug-likeness (QED) is 0.201. The Labute approximate surface area is 295 Å². The lowest BCUT2D eigenvalue weighted by atomic mass is 9.95. The number of benzene rings is 8. The van der Waals surface area contributed by atoms with E-state index >= 15 is 0 Å². The van der Waals surface area contributed by atoms with E-state index < -0.39 is 6.17 Å². The van der Waals surface area contributed by atoms with Crippen molar-refractivity contribution in [2.24, 2.45) is 9.98 Å². The molecule has 1 unspecified atom stereocenters.